The second-order valence-corrected chi connectivity index (χ2v) is 6.22. The zero-order chi connectivity index (χ0) is 20.4. The molecule has 0 atom stereocenters. The van der Waals surface area contributed by atoms with Crippen molar-refractivity contribution in [3.63, 3.8) is 0 Å². The van der Waals surface area contributed by atoms with Gasteiger partial charge in [0.05, 0.1) is 17.3 Å². The number of hydrogen-bond acceptors (Lipinski definition) is 4. The summed E-state index contributed by atoms with van der Waals surface area (Å²) in [6.45, 7) is 2.27. The Kier molecular flexibility index (Phi) is 5.34. The molecule has 0 unspecified atom stereocenters. The van der Waals surface area contributed by atoms with Crippen LogP contribution in [0.3, 0.4) is 0 Å². The monoisotopic (exact) mass is 390 g/mol. The second-order valence-electron chi connectivity index (χ2n) is 6.22. The van der Waals surface area contributed by atoms with Crippen LogP contribution in [0.2, 0.25) is 0 Å². The third-order valence-electron chi connectivity index (χ3n) is 4.15. The first kappa shape index (κ1) is 19.4. The first-order valence-corrected chi connectivity index (χ1v) is 8.46. The fourth-order valence-corrected chi connectivity index (χ4v) is 2.71. The smallest absolute Gasteiger partial charge is 0.281 e. The summed E-state index contributed by atoms with van der Waals surface area (Å²) in [5.74, 6) is -2.72. The molecule has 0 fully saturated rings. The van der Waals surface area contributed by atoms with E-state index in [1.807, 2.05) is 6.92 Å². The van der Waals surface area contributed by atoms with Crippen molar-refractivity contribution in [1.29, 1.82) is 0 Å². The molecule has 1 aromatic heterocycles. The Bertz CT molecular complexity index is 1090. The average Bonchev–Trinajstić information content (AvgIpc) is 2.62. The molecule has 1 amide bonds. The zero-order valence-corrected chi connectivity index (χ0v) is 15.2. The van der Waals surface area contributed by atoms with E-state index in [1.165, 1.54) is 6.07 Å². The van der Waals surface area contributed by atoms with Crippen molar-refractivity contribution in [1.82, 2.24) is 9.66 Å². The number of anilines is 1. The lowest BCUT2D eigenvalue weighted by Crippen LogP contribution is -2.39. The van der Waals surface area contributed by atoms with Gasteiger partial charge in [-0.3, -0.25) is 15.0 Å². The van der Waals surface area contributed by atoms with Gasteiger partial charge in [0.25, 0.3) is 5.56 Å². The maximum atomic E-state index is 13.5. The summed E-state index contributed by atoms with van der Waals surface area (Å²) in [7, 11) is 1.65. The quantitative estimate of drug-likeness (QED) is 0.727. The number of carbonyl (C=O) groups excluding carboxylic acids is 1. The second kappa shape index (κ2) is 7.71. The minimum absolute atomic E-state index is 0.101. The molecule has 3 aromatic rings. The number of nitrogens with zero attached hydrogens (tertiary/aromatic N) is 3. The minimum Gasteiger partial charge on any atom is -0.344 e. The lowest BCUT2D eigenvalue weighted by molar-refractivity contribution is -0.116. The van der Waals surface area contributed by atoms with Crippen LogP contribution in [0.1, 0.15) is 12.5 Å². The largest absolute Gasteiger partial charge is 0.344 e. The number of fused-ring (bicyclic) bond motifs is 1. The molecular formula is C19H17F3N4O2. The van der Waals surface area contributed by atoms with Gasteiger partial charge in [-0.1, -0.05) is 0 Å². The van der Waals surface area contributed by atoms with Gasteiger partial charge in [0.1, 0.15) is 17.5 Å². The van der Waals surface area contributed by atoms with Gasteiger partial charge < -0.3 is 4.90 Å². The van der Waals surface area contributed by atoms with Gasteiger partial charge in [-0.2, -0.15) is 4.68 Å². The fraction of sp³-hybridized carbons (Fsp3) is 0.211. The van der Waals surface area contributed by atoms with Gasteiger partial charge >= 0.3 is 0 Å². The third kappa shape index (κ3) is 3.98. The van der Waals surface area contributed by atoms with Crippen LogP contribution < -0.4 is 15.9 Å². The fourth-order valence-electron chi connectivity index (χ4n) is 2.71. The molecular weight excluding hydrogens is 373 g/mol. The van der Waals surface area contributed by atoms with Crippen molar-refractivity contribution in [2.24, 2.45) is 0 Å². The predicted octanol–water partition coefficient (Wildman–Crippen LogP) is 2.58. The van der Waals surface area contributed by atoms with E-state index in [-0.39, 0.29) is 28.8 Å². The Morgan fingerprint density at radius 1 is 1.11 bits per heavy atom. The first-order valence-electron chi connectivity index (χ1n) is 8.46. The summed E-state index contributed by atoms with van der Waals surface area (Å²) in [6, 6.07) is 6.30. The van der Waals surface area contributed by atoms with Crippen LogP contribution in [0.4, 0.5) is 19.1 Å². The molecule has 0 saturated carbocycles. The highest BCUT2D eigenvalue weighted by Crippen LogP contribution is 2.15. The average molecular weight is 390 g/mol. The van der Waals surface area contributed by atoms with Gasteiger partial charge in [0.15, 0.2) is 0 Å². The molecule has 0 saturated heterocycles. The number of nitrogens with one attached hydrogen (secondary N) is 1. The number of halogens is 3. The highest BCUT2D eigenvalue weighted by atomic mass is 19.1. The van der Waals surface area contributed by atoms with Gasteiger partial charge in [-0.15, -0.1) is 0 Å². The molecule has 0 bridgehead atoms. The van der Waals surface area contributed by atoms with E-state index in [9.17, 15) is 22.8 Å². The molecule has 0 spiro atoms. The Hall–Kier alpha value is -3.36. The van der Waals surface area contributed by atoms with Crippen LogP contribution in [0.15, 0.2) is 41.2 Å². The number of carbonyl (C=O) groups is 1. The molecule has 0 aliphatic rings. The number of benzene rings is 2. The topological polar surface area (TPSA) is 67.2 Å². The highest BCUT2D eigenvalue weighted by Gasteiger charge is 2.17. The number of rotatable bonds is 5. The third-order valence-corrected chi connectivity index (χ3v) is 4.15. The van der Waals surface area contributed by atoms with Crippen molar-refractivity contribution in [2.75, 3.05) is 23.9 Å². The molecule has 1 heterocycles. The van der Waals surface area contributed by atoms with E-state index in [2.05, 4.69) is 10.4 Å². The first-order chi connectivity index (χ1) is 13.3. The van der Waals surface area contributed by atoms with E-state index < -0.39 is 28.9 Å². The van der Waals surface area contributed by atoms with Crippen molar-refractivity contribution in [2.45, 2.75) is 13.3 Å². The van der Waals surface area contributed by atoms with E-state index in [4.69, 9.17) is 0 Å². The maximum Gasteiger partial charge on any atom is 0.281 e. The van der Waals surface area contributed by atoms with Crippen molar-refractivity contribution < 1.29 is 18.0 Å². The lowest BCUT2D eigenvalue weighted by Gasteiger charge is -2.21. The summed E-state index contributed by atoms with van der Waals surface area (Å²) >= 11 is 0. The Morgan fingerprint density at radius 3 is 2.43 bits per heavy atom. The Labute approximate surface area is 158 Å². The normalized spacial score (nSPS) is 10.9. The van der Waals surface area contributed by atoms with Crippen LogP contribution in [0.25, 0.3) is 10.9 Å². The van der Waals surface area contributed by atoms with Crippen LogP contribution in [-0.4, -0.2) is 29.2 Å². The van der Waals surface area contributed by atoms with E-state index in [1.54, 1.807) is 11.9 Å². The van der Waals surface area contributed by atoms with E-state index >= 15 is 0 Å². The highest BCUT2D eigenvalue weighted by molar-refractivity contribution is 5.87. The number of hydrogen-bond donors (Lipinski definition) is 1. The Balaban J connectivity index is 2.00. The Morgan fingerprint density at radius 2 is 1.79 bits per heavy atom. The minimum atomic E-state index is -0.805. The van der Waals surface area contributed by atoms with Crippen molar-refractivity contribution in [3.05, 3.63) is 69.8 Å². The predicted molar refractivity (Wildman–Crippen MR) is 99.3 cm³/mol. The van der Waals surface area contributed by atoms with E-state index in [0.29, 0.717) is 12.6 Å². The zero-order valence-electron chi connectivity index (χ0n) is 15.2. The van der Waals surface area contributed by atoms with Crippen LogP contribution in [-0.2, 0) is 11.2 Å². The maximum absolute atomic E-state index is 13.5. The molecule has 146 valence electrons. The SMILES string of the molecule is CCN(C)c1nc2cc(F)ccc2c(=O)n1NC(=O)Cc1cc(F)cc(F)c1. The summed E-state index contributed by atoms with van der Waals surface area (Å²) in [5.41, 5.74) is 2.08. The summed E-state index contributed by atoms with van der Waals surface area (Å²) in [6.07, 6.45) is -0.349. The summed E-state index contributed by atoms with van der Waals surface area (Å²) < 4.78 is 41.1. The number of amides is 1. The molecule has 0 radical (unpaired) electrons. The summed E-state index contributed by atoms with van der Waals surface area (Å²) in [5, 5.41) is 0.117. The lowest BCUT2D eigenvalue weighted by atomic mass is 10.1. The molecule has 3 rings (SSSR count). The van der Waals surface area contributed by atoms with Gasteiger partial charge in [-0.05, 0) is 36.8 Å². The van der Waals surface area contributed by atoms with Crippen LogP contribution >= 0.6 is 0 Å². The van der Waals surface area contributed by atoms with E-state index in [0.717, 1.165) is 28.9 Å². The molecule has 9 heteroatoms. The van der Waals surface area contributed by atoms with Gasteiger partial charge in [0.2, 0.25) is 11.9 Å². The molecule has 1 N–H and O–H groups in total. The standard InChI is InChI=1S/C19H17F3N4O2/c1-3-25(2)19-23-16-10-12(20)4-5-15(16)18(28)26(19)24-17(27)8-11-6-13(21)9-14(22)7-11/h4-7,9-10H,3,8H2,1-2H3,(H,24,27). The molecule has 0 aliphatic carbocycles. The molecule has 0 aliphatic heterocycles. The van der Waals surface area contributed by atoms with Crippen molar-refractivity contribution in [3.8, 4) is 0 Å². The molecule has 2 aromatic carbocycles. The van der Waals surface area contributed by atoms with Crippen LogP contribution in [0.5, 0.6) is 0 Å². The summed E-state index contributed by atoms with van der Waals surface area (Å²) in [4.78, 5) is 31.1. The van der Waals surface area contributed by atoms with Gasteiger partial charge in [0, 0.05) is 25.7 Å². The van der Waals surface area contributed by atoms with Crippen molar-refractivity contribution >= 4 is 22.8 Å². The number of aromatic nitrogens is 2. The van der Waals surface area contributed by atoms with Crippen LogP contribution in [0, 0.1) is 17.5 Å². The molecule has 6 nitrogen and oxygen atoms in total. The molecule has 28 heavy (non-hydrogen) atoms. The van der Waals surface area contributed by atoms with Gasteiger partial charge in [-0.25, -0.2) is 18.2 Å².